The highest BCUT2D eigenvalue weighted by Crippen LogP contribution is 2.29. The second-order valence-corrected chi connectivity index (χ2v) is 14.5. The quantitative estimate of drug-likeness (QED) is 0.116. The molecule has 0 aliphatic carbocycles. The summed E-state index contributed by atoms with van der Waals surface area (Å²) in [5.41, 5.74) is 7.71. The molecule has 13 heteroatoms. The minimum atomic E-state index is -1.24. The number of rotatable bonds is 10. The van der Waals surface area contributed by atoms with Gasteiger partial charge in [-0.2, -0.15) is 4.98 Å². The molecule has 0 spiro atoms. The molecule has 0 bridgehead atoms. The number of benzene rings is 1. The Bertz CT molecular complexity index is 1300. The molecule has 0 aliphatic heterocycles. The highest BCUT2D eigenvalue weighted by molar-refractivity contribution is 6.76. The zero-order chi connectivity index (χ0) is 24.3. The van der Waals surface area contributed by atoms with E-state index in [9.17, 15) is 10.1 Å². The van der Waals surface area contributed by atoms with Gasteiger partial charge in [-0.3, -0.25) is 10.1 Å². The Balaban J connectivity index is 1.60. The third-order valence-electron chi connectivity index (χ3n) is 5.01. The molecule has 0 fully saturated rings. The number of furan rings is 1. The van der Waals surface area contributed by atoms with E-state index < -0.39 is 13.0 Å². The molecule has 0 radical (unpaired) electrons. The zero-order valence-corrected chi connectivity index (χ0v) is 20.1. The van der Waals surface area contributed by atoms with Gasteiger partial charge in [0.05, 0.1) is 23.8 Å². The van der Waals surface area contributed by atoms with Crippen LogP contribution in [-0.4, -0.2) is 51.4 Å². The maximum atomic E-state index is 11.3. The van der Waals surface area contributed by atoms with Crippen molar-refractivity contribution in [3.8, 4) is 17.2 Å². The Morgan fingerprint density at radius 2 is 2.06 bits per heavy atom. The first-order valence-corrected chi connectivity index (χ1v) is 14.3. The van der Waals surface area contributed by atoms with Gasteiger partial charge in [0.2, 0.25) is 5.95 Å². The molecule has 3 heterocycles. The van der Waals surface area contributed by atoms with E-state index in [1.165, 1.54) is 23.1 Å². The Labute approximate surface area is 195 Å². The molecule has 0 saturated carbocycles. The summed E-state index contributed by atoms with van der Waals surface area (Å²) in [6, 6.07) is 8.85. The molecule has 0 unspecified atom stereocenters. The maximum absolute atomic E-state index is 11.3. The zero-order valence-electron chi connectivity index (χ0n) is 19.1. The van der Waals surface area contributed by atoms with Crippen LogP contribution in [0, 0.1) is 10.1 Å². The Morgan fingerprint density at radius 1 is 1.24 bits per heavy atom. The average molecular weight is 484 g/mol. The second kappa shape index (κ2) is 9.57. The molecule has 4 rings (SSSR count). The standard InChI is InChI=1S/C21H25N7O5Si/c1-34(2,3)10-9-31-13-33-17-11-15(28(29)30)7-6-14(17)12-27-20-19(25-26-27)18(23-21(22)24-20)16-5-4-8-32-16/h4-8,11H,9-10,12-13H2,1-3H3,(H2,22,23,24). The molecule has 12 nitrogen and oxygen atoms in total. The molecule has 4 aromatic rings. The van der Waals surface area contributed by atoms with Gasteiger partial charge in [-0.1, -0.05) is 24.9 Å². The van der Waals surface area contributed by atoms with Gasteiger partial charge in [-0.25, -0.2) is 9.67 Å². The predicted octanol–water partition coefficient (Wildman–Crippen LogP) is 3.71. The summed E-state index contributed by atoms with van der Waals surface area (Å²) in [5, 5.41) is 19.7. The molecule has 3 aromatic heterocycles. The SMILES string of the molecule is C[Si](C)(C)CCOCOc1cc([N+](=O)[O-])ccc1Cn1nnc2c(-c3ccco3)nc(N)nc21. The summed E-state index contributed by atoms with van der Waals surface area (Å²) in [6.45, 7) is 7.50. The van der Waals surface area contributed by atoms with E-state index in [1.54, 1.807) is 18.2 Å². The Kier molecular flexibility index (Phi) is 6.56. The topological polar surface area (TPSA) is 157 Å². The molecule has 0 amide bonds. The number of fused-ring (bicyclic) bond motifs is 1. The smallest absolute Gasteiger partial charge is 0.273 e. The number of aromatic nitrogens is 5. The number of nitrogen functional groups attached to an aromatic ring is 1. The van der Waals surface area contributed by atoms with Gasteiger partial charge in [0.15, 0.2) is 23.7 Å². The van der Waals surface area contributed by atoms with Crippen molar-refractivity contribution in [1.82, 2.24) is 25.0 Å². The number of ether oxygens (including phenoxy) is 2. The summed E-state index contributed by atoms with van der Waals surface area (Å²) >= 11 is 0. The number of anilines is 1. The first kappa shape index (κ1) is 23.3. The van der Waals surface area contributed by atoms with E-state index >= 15 is 0 Å². The van der Waals surface area contributed by atoms with Crippen LogP contribution in [0.3, 0.4) is 0 Å². The highest BCUT2D eigenvalue weighted by atomic mass is 28.3. The van der Waals surface area contributed by atoms with Gasteiger partial charge in [0.25, 0.3) is 5.69 Å². The first-order chi connectivity index (χ1) is 16.2. The molecule has 0 atom stereocenters. The molecular weight excluding hydrogens is 458 g/mol. The number of nitro benzene ring substituents is 1. The number of nitrogens with two attached hydrogens (primary N) is 1. The van der Waals surface area contributed by atoms with Crippen molar-refractivity contribution in [2.45, 2.75) is 32.2 Å². The van der Waals surface area contributed by atoms with E-state index in [1.807, 2.05) is 0 Å². The van der Waals surface area contributed by atoms with Crippen LogP contribution >= 0.6 is 0 Å². The third kappa shape index (κ3) is 5.37. The third-order valence-corrected chi connectivity index (χ3v) is 6.71. The summed E-state index contributed by atoms with van der Waals surface area (Å²) in [4.78, 5) is 19.3. The number of hydrogen-bond acceptors (Lipinski definition) is 10. The van der Waals surface area contributed by atoms with Crippen molar-refractivity contribution < 1.29 is 18.8 Å². The summed E-state index contributed by atoms with van der Waals surface area (Å²) in [5.74, 6) is 0.846. The van der Waals surface area contributed by atoms with Crippen LogP contribution < -0.4 is 10.5 Å². The Hall–Kier alpha value is -3.84. The van der Waals surface area contributed by atoms with Gasteiger partial charge in [-0.05, 0) is 24.2 Å². The van der Waals surface area contributed by atoms with Gasteiger partial charge in [-0.15, -0.1) is 5.10 Å². The van der Waals surface area contributed by atoms with Crippen LogP contribution in [-0.2, 0) is 11.3 Å². The van der Waals surface area contributed by atoms with E-state index in [0.717, 1.165) is 6.04 Å². The fourth-order valence-corrected chi connectivity index (χ4v) is 3.95. The van der Waals surface area contributed by atoms with Crippen LogP contribution in [0.5, 0.6) is 5.75 Å². The van der Waals surface area contributed by atoms with Crippen molar-refractivity contribution in [2.24, 2.45) is 0 Å². The summed E-state index contributed by atoms with van der Waals surface area (Å²) in [6.07, 6.45) is 1.52. The van der Waals surface area contributed by atoms with E-state index in [-0.39, 0.29) is 25.0 Å². The lowest BCUT2D eigenvalue weighted by atomic mass is 10.2. The van der Waals surface area contributed by atoms with Crippen LogP contribution in [0.4, 0.5) is 11.6 Å². The number of hydrogen-bond donors (Lipinski definition) is 1. The molecule has 178 valence electrons. The number of non-ortho nitro benzene ring substituents is 1. The monoisotopic (exact) mass is 483 g/mol. The van der Waals surface area contributed by atoms with Crippen molar-refractivity contribution in [3.05, 3.63) is 52.3 Å². The lowest BCUT2D eigenvalue weighted by Crippen LogP contribution is -2.22. The van der Waals surface area contributed by atoms with Crippen LogP contribution in [0.25, 0.3) is 22.6 Å². The van der Waals surface area contributed by atoms with Gasteiger partial charge >= 0.3 is 0 Å². The van der Waals surface area contributed by atoms with Crippen molar-refractivity contribution in [2.75, 3.05) is 19.1 Å². The maximum Gasteiger partial charge on any atom is 0.273 e. The summed E-state index contributed by atoms with van der Waals surface area (Å²) in [7, 11) is -1.24. The van der Waals surface area contributed by atoms with E-state index in [2.05, 4.69) is 39.9 Å². The summed E-state index contributed by atoms with van der Waals surface area (Å²) < 4.78 is 18.3. The average Bonchev–Trinajstić information content (AvgIpc) is 3.44. The second-order valence-electron chi connectivity index (χ2n) is 8.86. The molecular formula is C21H25N7O5Si. The molecule has 34 heavy (non-hydrogen) atoms. The first-order valence-electron chi connectivity index (χ1n) is 10.6. The fourth-order valence-electron chi connectivity index (χ4n) is 3.19. The minimum absolute atomic E-state index is 0.0193. The lowest BCUT2D eigenvalue weighted by molar-refractivity contribution is -0.385. The van der Waals surface area contributed by atoms with Gasteiger partial charge < -0.3 is 19.6 Å². The highest BCUT2D eigenvalue weighted by Gasteiger charge is 2.19. The number of nitro groups is 1. The largest absolute Gasteiger partial charge is 0.467 e. The van der Waals surface area contributed by atoms with Crippen LogP contribution in [0.2, 0.25) is 25.7 Å². The molecule has 2 N–H and O–H groups in total. The van der Waals surface area contributed by atoms with Crippen molar-refractivity contribution >= 4 is 30.9 Å². The predicted molar refractivity (Wildman–Crippen MR) is 127 cm³/mol. The molecule has 1 aromatic carbocycles. The van der Waals surface area contributed by atoms with E-state index in [0.29, 0.717) is 40.5 Å². The normalized spacial score (nSPS) is 11.7. The number of nitrogens with zero attached hydrogens (tertiary/aromatic N) is 6. The van der Waals surface area contributed by atoms with Crippen molar-refractivity contribution in [1.29, 1.82) is 0 Å². The molecule has 0 saturated heterocycles. The van der Waals surface area contributed by atoms with E-state index in [4.69, 9.17) is 19.6 Å². The van der Waals surface area contributed by atoms with Crippen molar-refractivity contribution in [3.63, 3.8) is 0 Å². The molecule has 0 aliphatic rings. The van der Waals surface area contributed by atoms with Crippen LogP contribution in [0.1, 0.15) is 5.56 Å². The van der Waals surface area contributed by atoms with Crippen LogP contribution in [0.15, 0.2) is 41.0 Å². The Morgan fingerprint density at radius 3 is 2.76 bits per heavy atom. The lowest BCUT2D eigenvalue weighted by Gasteiger charge is -2.16. The fraction of sp³-hybridized carbons (Fsp3) is 0.333. The van der Waals surface area contributed by atoms with Gasteiger partial charge in [0.1, 0.15) is 11.4 Å². The van der Waals surface area contributed by atoms with Gasteiger partial charge in [0, 0.05) is 26.3 Å². The minimum Gasteiger partial charge on any atom is -0.467 e.